The summed E-state index contributed by atoms with van der Waals surface area (Å²) in [6.45, 7) is 0.304. The molecule has 0 aliphatic rings. The summed E-state index contributed by atoms with van der Waals surface area (Å²) in [6.07, 6.45) is 0. The third-order valence-corrected chi connectivity index (χ3v) is 3.70. The molecule has 0 bridgehead atoms. The second-order valence-corrected chi connectivity index (χ2v) is 5.30. The monoisotopic (exact) mass is 334 g/mol. The third-order valence-electron chi connectivity index (χ3n) is 3.33. The van der Waals surface area contributed by atoms with Crippen LogP contribution >= 0.6 is 11.6 Å². The van der Waals surface area contributed by atoms with Gasteiger partial charge in [0, 0.05) is 30.2 Å². The number of methoxy groups -OCH3 is 1. The molecule has 0 aliphatic carbocycles. The summed E-state index contributed by atoms with van der Waals surface area (Å²) in [5, 5.41) is 11.6. The maximum absolute atomic E-state index is 12.5. The molecule has 0 aliphatic heterocycles. The number of carbonyl (C=O) groups excluding carboxylic acids is 1. The van der Waals surface area contributed by atoms with Crippen LogP contribution in [0.5, 0.6) is 5.75 Å². The van der Waals surface area contributed by atoms with Crippen LogP contribution < -0.4 is 4.74 Å². The maximum Gasteiger partial charge on any atom is 0.311 e. The molecule has 0 aromatic heterocycles. The molecule has 120 valence electrons. The minimum atomic E-state index is -0.580. The van der Waals surface area contributed by atoms with Crippen LogP contribution in [0.15, 0.2) is 42.5 Å². The highest BCUT2D eigenvalue weighted by atomic mass is 35.5. The zero-order valence-corrected chi connectivity index (χ0v) is 13.4. The standard InChI is InChI=1S/C16H15ClN2O4/c1-18(10-12-5-3-4-6-13(12)17)16(20)11-7-8-15(23-2)14(9-11)19(21)22/h3-9H,10H2,1-2H3. The molecule has 0 unspecified atom stereocenters. The van der Waals surface area contributed by atoms with Gasteiger partial charge in [0.1, 0.15) is 0 Å². The van der Waals surface area contributed by atoms with Gasteiger partial charge in [-0.25, -0.2) is 0 Å². The summed E-state index contributed by atoms with van der Waals surface area (Å²) >= 11 is 6.08. The van der Waals surface area contributed by atoms with E-state index in [9.17, 15) is 14.9 Å². The Balaban J connectivity index is 2.24. The van der Waals surface area contributed by atoms with E-state index in [0.717, 1.165) is 5.56 Å². The number of nitro groups is 1. The van der Waals surface area contributed by atoms with E-state index in [1.807, 2.05) is 12.1 Å². The van der Waals surface area contributed by atoms with Crippen LogP contribution in [0.25, 0.3) is 0 Å². The molecule has 2 aromatic rings. The number of nitrogens with zero attached hydrogens (tertiary/aromatic N) is 2. The van der Waals surface area contributed by atoms with Crippen molar-refractivity contribution in [3.63, 3.8) is 0 Å². The minimum absolute atomic E-state index is 0.111. The number of ether oxygens (including phenoxy) is 1. The molecule has 7 heteroatoms. The van der Waals surface area contributed by atoms with Gasteiger partial charge < -0.3 is 9.64 Å². The topological polar surface area (TPSA) is 72.7 Å². The van der Waals surface area contributed by atoms with Crippen molar-refractivity contribution in [3.8, 4) is 5.75 Å². The van der Waals surface area contributed by atoms with Gasteiger partial charge in [-0.1, -0.05) is 29.8 Å². The second kappa shape index (κ2) is 7.11. The molecular formula is C16H15ClN2O4. The Labute approximate surface area is 138 Å². The van der Waals surface area contributed by atoms with Crippen LogP contribution in [-0.2, 0) is 6.54 Å². The Morgan fingerprint density at radius 2 is 2.00 bits per heavy atom. The average Bonchev–Trinajstić information content (AvgIpc) is 2.55. The Bertz CT molecular complexity index is 749. The first-order valence-corrected chi connectivity index (χ1v) is 7.13. The third kappa shape index (κ3) is 3.78. The molecule has 0 saturated heterocycles. The fraction of sp³-hybridized carbons (Fsp3) is 0.188. The molecule has 2 rings (SSSR count). The summed E-state index contributed by atoms with van der Waals surface area (Å²) in [5.41, 5.74) is 0.768. The molecule has 0 saturated carbocycles. The quantitative estimate of drug-likeness (QED) is 0.619. The van der Waals surface area contributed by atoms with Gasteiger partial charge in [0.25, 0.3) is 5.91 Å². The van der Waals surface area contributed by atoms with Crippen LogP contribution in [0, 0.1) is 10.1 Å². The van der Waals surface area contributed by atoms with Crippen molar-refractivity contribution in [3.05, 3.63) is 68.7 Å². The van der Waals surface area contributed by atoms with Crippen LogP contribution in [0.1, 0.15) is 15.9 Å². The Kier molecular flexibility index (Phi) is 5.18. The fourth-order valence-electron chi connectivity index (χ4n) is 2.14. The number of hydrogen-bond donors (Lipinski definition) is 0. The van der Waals surface area contributed by atoms with Crippen molar-refractivity contribution in [2.45, 2.75) is 6.54 Å². The predicted molar refractivity (Wildman–Crippen MR) is 86.9 cm³/mol. The fourth-order valence-corrected chi connectivity index (χ4v) is 2.34. The van der Waals surface area contributed by atoms with E-state index in [-0.39, 0.29) is 22.9 Å². The number of halogens is 1. The molecule has 0 spiro atoms. The van der Waals surface area contributed by atoms with Gasteiger partial charge in [-0.3, -0.25) is 14.9 Å². The Morgan fingerprint density at radius 1 is 1.30 bits per heavy atom. The second-order valence-electron chi connectivity index (χ2n) is 4.90. The molecule has 0 radical (unpaired) electrons. The Hall–Kier alpha value is -2.60. The number of rotatable bonds is 5. The molecule has 0 fully saturated rings. The first-order chi connectivity index (χ1) is 10.9. The lowest BCUT2D eigenvalue weighted by Gasteiger charge is -2.18. The van der Waals surface area contributed by atoms with Crippen molar-refractivity contribution in [2.75, 3.05) is 14.2 Å². The number of hydrogen-bond acceptors (Lipinski definition) is 4. The van der Waals surface area contributed by atoms with E-state index < -0.39 is 4.92 Å². The lowest BCUT2D eigenvalue weighted by molar-refractivity contribution is -0.385. The largest absolute Gasteiger partial charge is 0.490 e. The predicted octanol–water partition coefficient (Wildman–Crippen LogP) is 3.53. The van der Waals surface area contributed by atoms with E-state index in [4.69, 9.17) is 16.3 Å². The molecule has 2 aromatic carbocycles. The van der Waals surface area contributed by atoms with Crippen LogP contribution in [0.4, 0.5) is 5.69 Å². The van der Waals surface area contributed by atoms with E-state index in [2.05, 4.69) is 0 Å². The zero-order valence-electron chi connectivity index (χ0n) is 12.7. The smallest absolute Gasteiger partial charge is 0.311 e. The lowest BCUT2D eigenvalue weighted by atomic mass is 10.1. The van der Waals surface area contributed by atoms with Gasteiger partial charge in [0.05, 0.1) is 12.0 Å². The summed E-state index contributed by atoms with van der Waals surface area (Å²) in [4.78, 5) is 24.4. The highest BCUT2D eigenvalue weighted by Gasteiger charge is 2.20. The van der Waals surface area contributed by atoms with Crippen LogP contribution in [0.3, 0.4) is 0 Å². The van der Waals surface area contributed by atoms with Crippen molar-refractivity contribution >= 4 is 23.2 Å². The van der Waals surface area contributed by atoms with Crippen LogP contribution in [0.2, 0.25) is 5.02 Å². The van der Waals surface area contributed by atoms with E-state index in [0.29, 0.717) is 11.6 Å². The van der Waals surface area contributed by atoms with Gasteiger partial charge in [0.2, 0.25) is 0 Å². The van der Waals surface area contributed by atoms with Gasteiger partial charge in [0.15, 0.2) is 5.75 Å². The summed E-state index contributed by atoms with van der Waals surface area (Å²) in [7, 11) is 2.95. The normalized spacial score (nSPS) is 10.2. The average molecular weight is 335 g/mol. The summed E-state index contributed by atoms with van der Waals surface area (Å²) in [6, 6.07) is 11.3. The molecule has 0 atom stereocenters. The maximum atomic E-state index is 12.5. The van der Waals surface area contributed by atoms with Gasteiger partial charge in [-0.15, -0.1) is 0 Å². The van der Waals surface area contributed by atoms with E-state index in [1.165, 1.54) is 30.2 Å². The van der Waals surface area contributed by atoms with Crippen LogP contribution in [-0.4, -0.2) is 29.9 Å². The van der Waals surface area contributed by atoms with Crippen molar-refractivity contribution < 1.29 is 14.5 Å². The van der Waals surface area contributed by atoms with Crippen molar-refractivity contribution in [1.82, 2.24) is 4.90 Å². The Morgan fingerprint density at radius 3 is 2.61 bits per heavy atom. The highest BCUT2D eigenvalue weighted by molar-refractivity contribution is 6.31. The molecule has 0 heterocycles. The van der Waals surface area contributed by atoms with Gasteiger partial charge in [-0.2, -0.15) is 0 Å². The molecule has 0 N–H and O–H groups in total. The van der Waals surface area contributed by atoms with E-state index >= 15 is 0 Å². The zero-order chi connectivity index (χ0) is 17.0. The first kappa shape index (κ1) is 16.8. The highest BCUT2D eigenvalue weighted by Crippen LogP contribution is 2.28. The van der Waals surface area contributed by atoms with Crippen molar-refractivity contribution in [2.24, 2.45) is 0 Å². The summed E-state index contributed by atoms with van der Waals surface area (Å²) < 4.78 is 4.93. The van der Waals surface area contributed by atoms with E-state index in [1.54, 1.807) is 19.2 Å². The number of amides is 1. The molecule has 6 nitrogen and oxygen atoms in total. The molecule has 1 amide bonds. The lowest BCUT2D eigenvalue weighted by Crippen LogP contribution is -2.26. The first-order valence-electron chi connectivity index (χ1n) is 6.75. The minimum Gasteiger partial charge on any atom is -0.490 e. The SMILES string of the molecule is COc1ccc(C(=O)N(C)Cc2ccccc2Cl)cc1[N+](=O)[O-]. The molecule has 23 heavy (non-hydrogen) atoms. The molecular weight excluding hydrogens is 320 g/mol. The number of benzene rings is 2. The van der Waals surface area contributed by atoms with Gasteiger partial charge >= 0.3 is 5.69 Å². The van der Waals surface area contributed by atoms with Gasteiger partial charge in [-0.05, 0) is 23.8 Å². The number of nitro benzene ring substituents is 1. The number of carbonyl (C=O) groups is 1. The van der Waals surface area contributed by atoms with Crippen molar-refractivity contribution in [1.29, 1.82) is 0 Å². The summed E-state index contributed by atoms with van der Waals surface area (Å²) in [5.74, 6) is -0.226.